The van der Waals surface area contributed by atoms with Crippen molar-refractivity contribution in [2.24, 2.45) is 7.05 Å². The van der Waals surface area contributed by atoms with E-state index >= 15 is 0 Å². The van der Waals surface area contributed by atoms with Crippen LogP contribution in [0.2, 0.25) is 5.02 Å². The van der Waals surface area contributed by atoms with Gasteiger partial charge in [-0.3, -0.25) is 4.68 Å². The third-order valence-corrected chi connectivity index (χ3v) is 4.01. The molecule has 1 unspecified atom stereocenters. The Balaban J connectivity index is 1.93. The highest BCUT2D eigenvalue weighted by atomic mass is 35.5. The number of rotatable bonds is 6. The van der Waals surface area contributed by atoms with Crippen molar-refractivity contribution in [1.29, 1.82) is 0 Å². The fourth-order valence-electron chi connectivity index (χ4n) is 2.33. The summed E-state index contributed by atoms with van der Waals surface area (Å²) in [6, 6.07) is 6.90. The number of nitrogens with zero attached hydrogens (tertiary/aromatic N) is 2. The van der Waals surface area contributed by atoms with E-state index in [0.717, 1.165) is 34.8 Å². The van der Waals surface area contributed by atoms with Gasteiger partial charge in [0.05, 0.1) is 16.4 Å². The molecule has 21 heavy (non-hydrogen) atoms. The SMILES string of the molecule is CCc1nn(C)c(CNC(C)Cc2ccc(F)cc2)c1Cl. The molecule has 0 radical (unpaired) electrons. The number of aryl methyl sites for hydroxylation is 2. The lowest BCUT2D eigenvalue weighted by Gasteiger charge is -2.14. The summed E-state index contributed by atoms with van der Waals surface area (Å²) in [5, 5.41) is 8.60. The van der Waals surface area contributed by atoms with Gasteiger partial charge in [-0.2, -0.15) is 5.10 Å². The molecular formula is C16H21ClFN3. The Morgan fingerprint density at radius 1 is 1.33 bits per heavy atom. The first-order valence-electron chi connectivity index (χ1n) is 7.19. The van der Waals surface area contributed by atoms with Crippen LogP contribution in [-0.4, -0.2) is 15.8 Å². The molecule has 0 aliphatic rings. The van der Waals surface area contributed by atoms with Gasteiger partial charge in [-0.05, 0) is 37.5 Å². The van der Waals surface area contributed by atoms with Crippen LogP contribution in [0.4, 0.5) is 4.39 Å². The van der Waals surface area contributed by atoms with Gasteiger partial charge in [-0.1, -0.05) is 30.7 Å². The smallest absolute Gasteiger partial charge is 0.123 e. The average molecular weight is 310 g/mol. The Bertz CT molecular complexity index is 592. The van der Waals surface area contributed by atoms with Crippen molar-refractivity contribution in [2.45, 2.75) is 39.3 Å². The van der Waals surface area contributed by atoms with Crippen LogP contribution in [0.15, 0.2) is 24.3 Å². The molecular weight excluding hydrogens is 289 g/mol. The molecule has 1 aromatic carbocycles. The van der Waals surface area contributed by atoms with Crippen LogP contribution in [0.5, 0.6) is 0 Å². The van der Waals surface area contributed by atoms with Crippen molar-refractivity contribution in [3.05, 3.63) is 52.1 Å². The molecule has 2 rings (SSSR count). The molecule has 3 nitrogen and oxygen atoms in total. The van der Waals surface area contributed by atoms with Gasteiger partial charge < -0.3 is 5.32 Å². The molecule has 5 heteroatoms. The van der Waals surface area contributed by atoms with Crippen LogP contribution >= 0.6 is 11.6 Å². The van der Waals surface area contributed by atoms with Crippen LogP contribution in [0.3, 0.4) is 0 Å². The summed E-state index contributed by atoms with van der Waals surface area (Å²) in [5.74, 6) is -0.201. The Morgan fingerprint density at radius 2 is 2.00 bits per heavy atom. The lowest BCUT2D eigenvalue weighted by Crippen LogP contribution is -2.28. The minimum absolute atomic E-state index is 0.201. The number of aromatic nitrogens is 2. The molecule has 0 aliphatic heterocycles. The lowest BCUT2D eigenvalue weighted by molar-refractivity contribution is 0.525. The number of benzene rings is 1. The highest BCUT2D eigenvalue weighted by molar-refractivity contribution is 6.31. The van der Waals surface area contributed by atoms with Crippen molar-refractivity contribution >= 4 is 11.6 Å². The maximum Gasteiger partial charge on any atom is 0.123 e. The van der Waals surface area contributed by atoms with E-state index in [4.69, 9.17) is 11.6 Å². The number of halogens is 2. The molecule has 0 saturated heterocycles. The second kappa shape index (κ2) is 7.05. The topological polar surface area (TPSA) is 29.9 Å². The fraction of sp³-hybridized carbons (Fsp3) is 0.438. The second-order valence-electron chi connectivity index (χ2n) is 5.30. The summed E-state index contributed by atoms with van der Waals surface area (Å²) in [7, 11) is 1.91. The van der Waals surface area contributed by atoms with Gasteiger partial charge in [0.2, 0.25) is 0 Å². The normalized spacial score (nSPS) is 12.6. The van der Waals surface area contributed by atoms with Gasteiger partial charge in [0, 0.05) is 19.6 Å². The van der Waals surface area contributed by atoms with Crippen LogP contribution in [-0.2, 0) is 26.4 Å². The highest BCUT2D eigenvalue weighted by Gasteiger charge is 2.13. The van der Waals surface area contributed by atoms with Gasteiger partial charge >= 0.3 is 0 Å². The predicted octanol–water partition coefficient (Wildman–Crippen LogP) is 3.50. The quantitative estimate of drug-likeness (QED) is 0.885. The summed E-state index contributed by atoms with van der Waals surface area (Å²) in [4.78, 5) is 0. The van der Waals surface area contributed by atoms with E-state index in [1.165, 1.54) is 12.1 Å². The maximum absolute atomic E-state index is 12.9. The summed E-state index contributed by atoms with van der Waals surface area (Å²) >= 11 is 6.33. The molecule has 1 aromatic heterocycles. The van der Waals surface area contributed by atoms with Crippen molar-refractivity contribution in [3.63, 3.8) is 0 Å². The Kier molecular flexibility index (Phi) is 5.37. The first-order valence-corrected chi connectivity index (χ1v) is 7.57. The first-order chi connectivity index (χ1) is 10.0. The summed E-state index contributed by atoms with van der Waals surface area (Å²) in [6.07, 6.45) is 1.67. The summed E-state index contributed by atoms with van der Waals surface area (Å²) in [5.41, 5.74) is 3.04. The number of hydrogen-bond acceptors (Lipinski definition) is 2. The Labute approximate surface area is 130 Å². The van der Waals surface area contributed by atoms with E-state index in [-0.39, 0.29) is 11.9 Å². The zero-order chi connectivity index (χ0) is 15.4. The van der Waals surface area contributed by atoms with Crippen LogP contribution < -0.4 is 5.32 Å². The minimum atomic E-state index is -0.201. The maximum atomic E-state index is 12.9. The molecule has 0 spiro atoms. The van der Waals surface area contributed by atoms with Gasteiger partial charge in [0.25, 0.3) is 0 Å². The van der Waals surface area contributed by atoms with E-state index in [0.29, 0.717) is 6.54 Å². The molecule has 0 aliphatic carbocycles. The molecule has 0 bridgehead atoms. The molecule has 0 fully saturated rings. The third-order valence-electron chi connectivity index (χ3n) is 3.58. The summed E-state index contributed by atoms with van der Waals surface area (Å²) in [6.45, 7) is 4.82. The van der Waals surface area contributed by atoms with Crippen LogP contribution in [0.25, 0.3) is 0 Å². The van der Waals surface area contributed by atoms with Crippen LogP contribution in [0, 0.1) is 5.82 Å². The third kappa shape index (κ3) is 4.05. The van der Waals surface area contributed by atoms with Gasteiger partial charge in [0.1, 0.15) is 5.82 Å². The molecule has 1 heterocycles. The summed E-state index contributed by atoms with van der Waals surface area (Å²) < 4.78 is 14.7. The van der Waals surface area contributed by atoms with Crippen LogP contribution in [0.1, 0.15) is 30.8 Å². The van der Waals surface area contributed by atoms with Crippen molar-refractivity contribution in [2.75, 3.05) is 0 Å². The van der Waals surface area contributed by atoms with Crippen molar-refractivity contribution in [1.82, 2.24) is 15.1 Å². The average Bonchev–Trinajstić information content (AvgIpc) is 2.74. The van der Waals surface area contributed by atoms with E-state index in [2.05, 4.69) is 17.3 Å². The zero-order valence-electron chi connectivity index (χ0n) is 12.7. The molecule has 0 saturated carbocycles. The lowest BCUT2D eigenvalue weighted by atomic mass is 10.1. The molecule has 114 valence electrons. The van der Waals surface area contributed by atoms with Crippen molar-refractivity contribution in [3.8, 4) is 0 Å². The van der Waals surface area contributed by atoms with E-state index in [1.807, 2.05) is 30.8 Å². The van der Waals surface area contributed by atoms with E-state index < -0.39 is 0 Å². The number of nitrogens with one attached hydrogen (secondary N) is 1. The van der Waals surface area contributed by atoms with Gasteiger partial charge in [-0.25, -0.2) is 4.39 Å². The van der Waals surface area contributed by atoms with E-state index in [1.54, 1.807) is 0 Å². The molecule has 1 atom stereocenters. The molecule has 2 aromatic rings. The second-order valence-corrected chi connectivity index (χ2v) is 5.68. The zero-order valence-corrected chi connectivity index (χ0v) is 13.4. The molecule has 0 amide bonds. The first kappa shape index (κ1) is 16.0. The largest absolute Gasteiger partial charge is 0.308 e. The fourth-order valence-corrected chi connectivity index (χ4v) is 2.69. The monoisotopic (exact) mass is 309 g/mol. The van der Waals surface area contributed by atoms with Gasteiger partial charge in [-0.15, -0.1) is 0 Å². The highest BCUT2D eigenvalue weighted by Crippen LogP contribution is 2.20. The Morgan fingerprint density at radius 3 is 2.57 bits per heavy atom. The minimum Gasteiger partial charge on any atom is -0.308 e. The number of hydrogen-bond donors (Lipinski definition) is 1. The van der Waals surface area contributed by atoms with Gasteiger partial charge in [0.15, 0.2) is 0 Å². The van der Waals surface area contributed by atoms with E-state index in [9.17, 15) is 4.39 Å². The molecule has 1 N–H and O–H groups in total. The predicted molar refractivity (Wildman–Crippen MR) is 84.0 cm³/mol. The standard InChI is InChI=1S/C16H21ClFN3/c1-4-14-16(17)15(21(3)20-14)10-19-11(2)9-12-5-7-13(18)8-6-12/h5-8,11,19H,4,9-10H2,1-3H3. The Hall–Kier alpha value is -1.39. The van der Waals surface area contributed by atoms with Crippen molar-refractivity contribution < 1.29 is 4.39 Å².